The van der Waals surface area contributed by atoms with Crippen LogP contribution in [0.5, 0.6) is 11.5 Å². The molecular weight excluding hydrogens is 402 g/mol. The average molecular weight is 434 g/mol. The van der Waals surface area contributed by atoms with Crippen molar-refractivity contribution in [2.24, 2.45) is 0 Å². The maximum Gasteiger partial charge on any atom is 0.183 e. The van der Waals surface area contributed by atoms with Crippen LogP contribution in [0.3, 0.4) is 0 Å². The minimum absolute atomic E-state index is 0.000859. The van der Waals surface area contributed by atoms with E-state index in [1.807, 2.05) is 75.4 Å². The molecule has 0 unspecified atom stereocenters. The van der Waals surface area contributed by atoms with Gasteiger partial charge < -0.3 is 14.0 Å². The van der Waals surface area contributed by atoms with Crippen LogP contribution in [-0.2, 0) is 6.61 Å². The van der Waals surface area contributed by atoms with Crippen LogP contribution in [0, 0.1) is 6.92 Å². The van der Waals surface area contributed by atoms with Gasteiger partial charge in [0.05, 0.1) is 12.8 Å². The molecule has 0 aliphatic carbocycles. The second-order valence-corrected chi connectivity index (χ2v) is 7.81. The zero-order chi connectivity index (χ0) is 23.1. The lowest BCUT2D eigenvalue weighted by molar-refractivity contribution is 0.0969. The Labute approximate surface area is 190 Å². The largest absolute Gasteiger partial charge is 0.497 e. The summed E-state index contributed by atoms with van der Waals surface area (Å²) < 4.78 is 13.3. The van der Waals surface area contributed by atoms with Gasteiger partial charge in [0.15, 0.2) is 17.3 Å². The molecule has 0 saturated heterocycles. The van der Waals surface area contributed by atoms with Crippen molar-refractivity contribution in [1.82, 2.24) is 4.57 Å². The van der Waals surface area contributed by atoms with Gasteiger partial charge in [-0.05, 0) is 49.6 Å². The third-order valence-corrected chi connectivity index (χ3v) is 5.40. The quantitative estimate of drug-likeness (QED) is 0.331. The molecule has 0 saturated carbocycles. The molecule has 0 fully saturated rings. The lowest BCUT2D eigenvalue weighted by Gasteiger charge is -2.14. The molecule has 3 rings (SSSR count). The molecule has 0 aliphatic rings. The smallest absolute Gasteiger partial charge is 0.183 e. The molecule has 0 spiro atoms. The standard InChI is InChI=1S/C27H31NO4/c1-5-10-23(29)25-19(3)27(32-18-20-12-8-7-9-13-20)26(24(30)11-6-2)28(25)21-14-16-22(31-4)17-15-21/h7-9,12-17H,5-6,10-11,18H2,1-4H3. The van der Waals surface area contributed by atoms with Crippen LogP contribution in [-0.4, -0.2) is 23.2 Å². The predicted octanol–water partition coefficient (Wildman–Crippen LogP) is 6.34. The molecule has 168 valence electrons. The van der Waals surface area contributed by atoms with Gasteiger partial charge in [0.1, 0.15) is 18.1 Å². The summed E-state index contributed by atoms with van der Waals surface area (Å²) in [6.45, 7) is 6.14. The molecule has 0 bridgehead atoms. The molecule has 1 aromatic heterocycles. The third-order valence-electron chi connectivity index (χ3n) is 5.40. The summed E-state index contributed by atoms with van der Waals surface area (Å²) >= 11 is 0. The van der Waals surface area contributed by atoms with Crippen LogP contribution < -0.4 is 9.47 Å². The van der Waals surface area contributed by atoms with Gasteiger partial charge >= 0.3 is 0 Å². The number of aromatic nitrogens is 1. The van der Waals surface area contributed by atoms with Gasteiger partial charge in [0, 0.05) is 24.1 Å². The molecule has 5 heteroatoms. The number of ether oxygens (including phenoxy) is 2. The van der Waals surface area contributed by atoms with Crippen molar-refractivity contribution >= 4 is 11.6 Å². The summed E-state index contributed by atoms with van der Waals surface area (Å²) in [6, 6.07) is 17.2. The molecule has 0 atom stereocenters. The Morgan fingerprint density at radius 3 is 2.00 bits per heavy atom. The molecule has 0 radical (unpaired) electrons. The van der Waals surface area contributed by atoms with E-state index < -0.39 is 0 Å². The number of carbonyl (C=O) groups is 2. The number of Topliss-reactive ketones (excluding diaryl/α,β-unsaturated/α-hetero) is 2. The SMILES string of the molecule is CCCC(=O)c1c(C)c(OCc2ccccc2)c(C(=O)CCC)n1-c1ccc(OC)cc1. The van der Waals surface area contributed by atoms with E-state index in [4.69, 9.17) is 9.47 Å². The number of carbonyl (C=O) groups excluding carboxylic acids is 2. The second-order valence-electron chi connectivity index (χ2n) is 7.81. The Kier molecular flexibility index (Phi) is 7.87. The van der Waals surface area contributed by atoms with Gasteiger partial charge in [-0.15, -0.1) is 0 Å². The van der Waals surface area contributed by atoms with Crippen molar-refractivity contribution in [3.63, 3.8) is 0 Å². The van der Waals surface area contributed by atoms with Crippen LogP contribution in [0.2, 0.25) is 0 Å². The Bertz CT molecular complexity index is 1070. The monoisotopic (exact) mass is 433 g/mol. The van der Waals surface area contributed by atoms with E-state index in [9.17, 15) is 9.59 Å². The van der Waals surface area contributed by atoms with Gasteiger partial charge in [-0.3, -0.25) is 9.59 Å². The predicted molar refractivity (Wildman–Crippen MR) is 126 cm³/mol. The lowest BCUT2D eigenvalue weighted by atomic mass is 10.1. The second kappa shape index (κ2) is 10.8. The number of hydrogen-bond donors (Lipinski definition) is 0. The highest BCUT2D eigenvalue weighted by atomic mass is 16.5. The Morgan fingerprint density at radius 1 is 0.844 bits per heavy atom. The Balaban J connectivity index is 2.20. The van der Waals surface area contributed by atoms with E-state index in [1.165, 1.54) is 0 Å². The number of hydrogen-bond acceptors (Lipinski definition) is 4. The fourth-order valence-corrected chi connectivity index (χ4v) is 3.84. The van der Waals surface area contributed by atoms with Gasteiger partial charge in [0.25, 0.3) is 0 Å². The van der Waals surface area contributed by atoms with Gasteiger partial charge in [0.2, 0.25) is 0 Å². The normalized spacial score (nSPS) is 10.8. The van der Waals surface area contributed by atoms with Crippen molar-refractivity contribution in [2.45, 2.75) is 53.1 Å². The molecule has 0 aliphatic heterocycles. The molecule has 5 nitrogen and oxygen atoms in total. The van der Waals surface area contributed by atoms with Crippen molar-refractivity contribution in [1.29, 1.82) is 0 Å². The van der Waals surface area contributed by atoms with Crippen LogP contribution in [0.4, 0.5) is 0 Å². The molecule has 3 aromatic rings. The van der Waals surface area contributed by atoms with Crippen molar-refractivity contribution < 1.29 is 19.1 Å². The summed E-state index contributed by atoms with van der Waals surface area (Å²) in [4.78, 5) is 26.5. The average Bonchev–Trinajstić information content (AvgIpc) is 3.11. The summed E-state index contributed by atoms with van der Waals surface area (Å²) in [5, 5.41) is 0. The zero-order valence-corrected chi connectivity index (χ0v) is 19.3. The van der Waals surface area contributed by atoms with Crippen molar-refractivity contribution in [3.05, 3.63) is 77.1 Å². The summed E-state index contributed by atoms with van der Waals surface area (Å²) in [5.74, 6) is 1.16. The Hall–Kier alpha value is -3.34. The number of ketones is 2. The summed E-state index contributed by atoms with van der Waals surface area (Å²) in [7, 11) is 1.61. The van der Waals surface area contributed by atoms with E-state index in [0.717, 1.165) is 17.7 Å². The fourth-order valence-electron chi connectivity index (χ4n) is 3.84. The molecule has 2 aromatic carbocycles. The minimum atomic E-state index is -0.0370. The van der Waals surface area contributed by atoms with E-state index in [2.05, 4.69) is 0 Å². The van der Waals surface area contributed by atoms with E-state index >= 15 is 0 Å². The van der Waals surface area contributed by atoms with Crippen molar-refractivity contribution in [2.75, 3.05) is 7.11 Å². The van der Waals surface area contributed by atoms with Gasteiger partial charge in [-0.25, -0.2) is 0 Å². The molecule has 0 amide bonds. The lowest BCUT2D eigenvalue weighted by Crippen LogP contribution is -2.14. The molecule has 1 heterocycles. The summed E-state index contributed by atoms with van der Waals surface area (Å²) in [6.07, 6.45) is 2.22. The van der Waals surface area contributed by atoms with Gasteiger partial charge in [-0.1, -0.05) is 44.2 Å². The first-order valence-corrected chi connectivity index (χ1v) is 11.1. The molecule has 32 heavy (non-hydrogen) atoms. The number of rotatable bonds is 11. The van der Waals surface area contributed by atoms with Crippen LogP contribution in [0.25, 0.3) is 5.69 Å². The highest BCUT2D eigenvalue weighted by Crippen LogP contribution is 2.36. The van der Waals surface area contributed by atoms with Crippen LogP contribution in [0.1, 0.15) is 71.6 Å². The molecule has 0 N–H and O–H groups in total. The first-order chi connectivity index (χ1) is 15.5. The number of methoxy groups -OCH3 is 1. The van der Waals surface area contributed by atoms with E-state index in [0.29, 0.717) is 54.3 Å². The van der Waals surface area contributed by atoms with Gasteiger partial charge in [-0.2, -0.15) is 0 Å². The van der Waals surface area contributed by atoms with Crippen molar-refractivity contribution in [3.8, 4) is 17.2 Å². The van der Waals surface area contributed by atoms with Crippen LogP contribution in [0.15, 0.2) is 54.6 Å². The first-order valence-electron chi connectivity index (χ1n) is 11.1. The maximum absolute atomic E-state index is 13.3. The Morgan fingerprint density at radius 2 is 1.44 bits per heavy atom. The van der Waals surface area contributed by atoms with E-state index in [-0.39, 0.29) is 11.6 Å². The van der Waals surface area contributed by atoms with Crippen LogP contribution >= 0.6 is 0 Å². The fraction of sp³-hybridized carbons (Fsp3) is 0.333. The maximum atomic E-state index is 13.3. The highest BCUT2D eigenvalue weighted by molar-refractivity contribution is 6.04. The first kappa shape index (κ1) is 23.3. The third kappa shape index (κ3) is 4.93. The zero-order valence-electron chi connectivity index (χ0n) is 19.3. The minimum Gasteiger partial charge on any atom is -0.497 e. The summed E-state index contributed by atoms with van der Waals surface area (Å²) in [5.41, 5.74) is 3.39. The topological polar surface area (TPSA) is 57.5 Å². The highest BCUT2D eigenvalue weighted by Gasteiger charge is 2.30. The van der Waals surface area contributed by atoms with E-state index in [1.54, 1.807) is 11.7 Å². The number of nitrogens with zero attached hydrogens (tertiary/aromatic N) is 1. The number of benzene rings is 2. The molecular formula is C27H31NO4.